The molecule has 0 aliphatic carbocycles. The van der Waals surface area contributed by atoms with Crippen LogP contribution in [0, 0.1) is 29.9 Å². The third-order valence-electron chi connectivity index (χ3n) is 3.74. The normalized spacial score (nSPS) is 10.9. The number of hydrogen-bond donors (Lipinski definition) is 0. The van der Waals surface area contributed by atoms with Gasteiger partial charge in [-0.05, 0) is 19.4 Å². The number of aromatic nitrogens is 2. The Labute approximate surface area is 132 Å². The molecule has 0 amide bonds. The highest BCUT2D eigenvalue weighted by molar-refractivity contribution is 5.81. The molecule has 0 radical (unpaired) electrons. The molecule has 3 aromatic rings. The van der Waals surface area contributed by atoms with Crippen LogP contribution in [0.25, 0.3) is 22.4 Å². The van der Waals surface area contributed by atoms with E-state index in [1.165, 1.54) is 6.07 Å². The zero-order chi connectivity index (χ0) is 16.4. The Kier molecular flexibility index (Phi) is 4.07. The summed E-state index contributed by atoms with van der Waals surface area (Å²) < 4.78 is 29.0. The van der Waals surface area contributed by atoms with Crippen molar-refractivity contribution in [3.8, 4) is 17.5 Å². The minimum Gasteiger partial charge on any atom is -0.324 e. The molecule has 0 spiro atoms. The molecule has 0 atom stereocenters. The van der Waals surface area contributed by atoms with Crippen molar-refractivity contribution in [2.24, 2.45) is 0 Å². The van der Waals surface area contributed by atoms with E-state index in [0.717, 1.165) is 17.2 Å². The van der Waals surface area contributed by atoms with Crippen LogP contribution in [0.2, 0.25) is 0 Å². The van der Waals surface area contributed by atoms with E-state index in [-0.39, 0.29) is 0 Å². The fourth-order valence-electron chi connectivity index (χ4n) is 2.67. The average molecular weight is 311 g/mol. The van der Waals surface area contributed by atoms with Crippen LogP contribution in [0.15, 0.2) is 36.4 Å². The van der Waals surface area contributed by atoms with Crippen LogP contribution in [0.4, 0.5) is 8.78 Å². The lowest BCUT2D eigenvalue weighted by atomic mass is 10.1. The van der Waals surface area contributed by atoms with Gasteiger partial charge in [-0.25, -0.2) is 13.8 Å². The summed E-state index contributed by atoms with van der Waals surface area (Å²) in [5, 5.41) is 8.73. The van der Waals surface area contributed by atoms with Gasteiger partial charge in [0, 0.05) is 30.7 Å². The molecule has 1 heterocycles. The quantitative estimate of drug-likeness (QED) is 0.661. The van der Waals surface area contributed by atoms with Crippen molar-refractivity contribution in [3.05, 3.63) is 53.6 Å². The predicted octanol–water partition coefficient (Wildman–Crippen LogP) is 4.59. The van der Waals surface area contributed by atoms with E-state index in [9.17, 15) is 8.78 Å². The van der Waals surface area contributed by atoms with Crippen molar-refractivity contribution >= 4 is 11.0 Å². The average Bonchev–Trinajstić information content (AvgIpc) is 2.86. The number of benzene rings is 2. The van der Waals surface area contributed by atoms with Crippen LogP contribution in [-0.2, 0) is 6.54 Å². The van der Waals surface area contributed by atoms with Gasteiger partial charge in [0.2, 0.25) is 0 Å². The van der Waals surface area contributed by atoms with Crippen LogP contribution < -0.4 is 0 Å². The predicted molar refractivity (Wildman–Crippen MR) is 84.7 cm³/mol. The van der Waals surface area contributed by atoms with E-state index in [1.807, 2.05) is 35.8 Å². The summed E-state index contributed by atoms with van der Waals surface area (Å²) in [6.07, 6.45) is 1.02. The van der Waals surface area contributed by atoms with Crippen LogP contribution in [0.5, 0.6) is 0 Å². The second-order valence-electron chi connectivity index (χ2n) is 5.47. The van der Waals surface area contributed by atoms with Crippen LogP contribution in [0.3, 0.4) is 0 Å². The van der Waals surface area contributed by atoms with Crippen molar-refractivity contribution in [2.45, 2.75) is 26.3 Å². The van der Waals surface area contributed by atoms with Gasteiger partial charge >= 0.3 is 0 Å². The number of nitriles is 1. The van der Waals surface area contributed by atoms with Crippen LogP contribution in [0.1, 0.15) is 18.4 Å². The van der Waals surface area contributed by atoms with Crippen LogP contribution in [-0.4, -0.2) is 9.55 Å². The highest BCUT2D eigenvalue weighted by Crippen LogP contribution is 2.27. The van der Waals surface area contributed by atoms with E-state index < -0.39 is 11.6 Å². The lowest BCUT2D eigenvalue weighted by molar-refractivity contribution is 0.510. The number of halogens is 2. The molecule has 0 unspecified atom stereocenters. The zero-order valence-electron chi connectivity index (χ0n) is 12.7. The summed E-state index contributed by atoms with van der Waals surface area (Å²) in [5.41, 5.74) is 2.92. The Hall–Kier alpha value is -2.74. The monoisotopic (exact) mass is 311 g/mol. The van der Waals surface area contributed by atoms with Crippen molar-refractivity contribution in [1.82, 2.24) is 9.55 Å². The minimum atomic E-state index is -0.907. The first-order chi connectivity index (χ1) is 11.1. The minimum absolute atomic E-state index is 0.399. The fraction of sp³-hybridized carbons (Fsp3) is 0.222. The molecule has 0 bridgehead atoms. The first-order valence-electron chi connectivity index (χ1n) is 7.39. The molecule has 0 N–H and O–H groups in total. The van der Waals surface area contributed by atoms with Crippen molar-refractivity contribution in [2.75, 3.05) is 0 Å². The van der Waals surface area contributed by atoms with E-state index in [2.05, 4.69) is 11.1 Å². The molecule has 0 saturated heterocycles. The smallest absolute Gasteiger partial charge is 0.161 e. The Morgan fingerprint density at radius 3 is 2.70 bits per heavy atom. The summed E-state index contributed by atoms with van der Waals surface area (Å²) >= 11 is 0. The Bertz CT molecular complexity index is 907. The van der Waals surface area contributed by atoms with Crippen molar-refractivity contribution in [1.29, 1.82) is 5.26 Å². The van der Waals surface area contributed by atoms with Crippen LogP contribution >= 0.6 is 0 Å². The molecular formula is C18H15F2N3. The molecule has 116 valence electrons. The molecule has 0 aliphatic heterocycles. The van der Waals surface area contributed by atoms with Gasteiger partial charge in [0.15, 0.2) is 11.6 Å². The molecule has 3 nitrogen and oxygen atoms in total. The molecule has 1 aromatic heterocycles. The Morgan fingerprint density at radius 2 is 1.96 bits per heavy atom. The number of aryl methyl sites for hydroxylation is 2. The number of hydrogen-bond acceptors (Lipinski definition) is 2. The van der Waals surface area contributed by atoms with Gasteiger partial charge in [-0.3, -0.25) is 0 Å². The third kappa shape index (κ3) is 2.93. The molecule has 0 saturated carbocycles. The largest absolute Gasteiger partial charge is 0.324 e. The van der Waals surface area contributed by atoms with Crippen molar-refractivity contribution in [3.63, 3.8) is 0 Å². The van der Waals surface area contributed by atoms with Gasteiger partial charge in [-0.15, -0.1) is 0 Å². The summed E-state index contributed by atoms with van der Waals surface area (Å²) in [5.74, 6) is -1.14. The first-order valence-corrected chi connectivity index (χ1v) is 7.39. The SMILES string of the molecule is Cc1cccc(-c2nc3cc(F)c(F)cc3n2CCCC#N)c1. The van der Waals surface area contributed by atoms with Gasteiger partial charge in [0.1, 0.15) is 5.82 Å². The highest BCUT2D eigenvalue weighted by atomic mass is 19.2. The zero-order valence-corrected chi connectivity index (χ0v) is 12.7. The molecule has 2 aromatic carbocycles. The summed E-state index contributed by atoms with van der Waals surface area (Å²) in [6, 6.07) is 12.2. The van der Waals surface area contributed by atoms with Crippen molar-refractivity contribution < 1.29 is 8.78 Å². The highest BCUT2D eigenvalue weighted by Gasteiger charge is 2.15. The molecule has 0 fully saturated rings. The summed E-state index contributed by atoms with van der Waals surface area (Å²) in [4.78, 5) is 4.48. The lowest BCUT2D eigenvalue weighted by Gasteiger charge is -2.09. The fourth-order valence-corrected chi connectivity index (χ4v) is 2.67. The van der Waals surface area contributed by atoms with E-state index in [4.69, 9.17) is 5.26 Å². The molecule has 5 heteroatoms. The number of fused-ring (bicyclic) bond motifs is 1. The number of rotatable bonds is 4. The van der Waals surface area contributed by atoms with Gasteiger partial charge in [0.05, 0.1) is 17.1 Å². The summed E-state index contributed by atoms with van der Waals surface area (Å²) in [7, 11) is 0. The second kappa shape index (κ2) is 6.17. The maximum Gasteiger partial charge on any atom is 0.161 e. The van der Waals surface area contributed by atoms with E-state index in [1.54, 1.807) is 0 Å². The third-order valence-corrected chi connectivity index (χ3v) is 3.74. The standard InChI is InChI=1S/C18H15F2N3/c1-12-5-4-6-13(9-12)18-22-16-10-14(19)15(20)11-17(16)23(18)8-3-2-7-21/h4-6,9-11H,2-3,8H2,1H3. The molecule has 3 rings (SSSR count). The van der Waals surface area contributed by atoms with E-state index >= 15 is 0 Å². The van der Waals surface area contributed by atoms with Gasteiger partial charge in [-0.1, -0.05) is 23.8 Å². The Morgan fingerprint density at radius 1 is 1.17 bits per heavy atom. The van der Waals surface area contributed by atoms with E-state index in [0.29, 0.717) is 36.2 Å². The number of imidazole rings is 1. The molecule has 0 aliphatic rings. The molecule has 23 heavy (non-hydrogen) atoms. The topological polar surface area (TPSA) is 41.6 Å². The van der Waals surface area contributed by atoms with Gasteiger partial charge in [0.25, 0.3) is 0 Å². The maximum atomic E-state index is 13.6. The maximum absolute atomic E-state index is 13.6. The lowest BCUT2D eigenvalue weighted by Crippen LogP contribution is -2.01. The molecular weight excluding hydrogens is 296 g/mol. The number of unbranched alkanes of at least 4 members (excludes halogenated alkanes) is 1. The Balaban J connectivity index is 2.19. The van der Waals surface area contributed by atoms with Gasteiger partial charge in [-0.2, -0.15) is 5.26 Å². The van der Waals surface area contributed by atoms with Gasteiger partial charge < -0.3 is 4.57 Å². The number of nitrogens with zero attached hydrogens (tertiary/aromatic N) is 3. The first kappa shape index (κ1) is 15.2. The second-order valence-corrected chi connectivity index (χ2v) is 5.47. The summed E-state index contributed by atoms with van der Waals surface area (Å²) in [6.45, 7) is 2.50.